The van der Waals surface area contributed by atoms with Gasteiger partial charge >= 0.3 is 0 Å². The lowest BCUT2D eigenvalue weighted by atomic mass is 10.1. The molecule has 27 heavy (non-hydrogen) atoms. The normalized spacial score (nSPS) is 15.7. The number of carbonyl (C=O) groups excluding carboxylic acids is 1. The number of methoxy groups -OCH3 is 1. The molecule has 146 valence electrons. The number of hydrogen-bond acceptors (Lipinski definition) is 5. The molecule has 2 aromatic carbocycles. The van der Waals surface area contributed by atoms with Crippen LogP contribution in [0.5, 0.6) is 17.2 Å². The number of nitrogens with one attached hydrogen (secondary N) is 1. The molecule has 2 aromatic rings. The molecule has 1 unspecified atom stereocenters. The van der Waals surface area contributed by atoms with Crippen molar-refractivity contribution in [2.75, 3.05) is 18.6 Å². The van der Waals surface area contributed by atoms with Crippen LogP contribution >= 0.6 is 24.2 Å². The average Bonchev–Trinajstić information content (AvgIpc) is 3.14. The van der Waals surface area contributed by atoms with Crippen molar-refractivity contribution in [3.63, 3.8) is 0 Å². The average molecular weight is 413 g/mol. The Kier molecular flexibility index (Phi) is 7.77. The Balaban J connectivity index is 0.00000261. The first-order valence-corrected chi connectivity index (χ1v) is 9.48. The van der Waals surface area contributed by atoms with Crippen molar-refractivity contribution in [1.29, 1.82) is 0 Å². The van der Waals surface area contributed by atoms with Crippen molar-refractivity contribution in [2.24, 2.45) is 5.73 Å². The summed E-state index contributed by atoms with van der Waals surface area (Å²) in [5, 5.41) is 3.02. The van der Waals surface area contributed by atoms with Crippen molar-refractivity contribution >= 4 is 30.1 Å². The van der Waals surface area contributed by atoms with Crippen molar-refractivity contribution in [2.45, 2.75) is 19.0 Å². The highest BCUT2D eigenvalue weighted by Crippen LogP contribution is 2.33. The van der Waals surface area contributed by atoms with E-state index in [9.17, 15) is 9.18 Å². The van der Waals surface area contributed by atoms with Gasteiger partial charge in [-0.25, -0.2) is 4.39 Å². The third-order valence-electron chi connectivity index (χ3n) is 4.09. The second-order valence-electron chi connectivity index (χ2n) is 6.00. The zero-order valence-corrected chi connectivity index (χ0v) is 16.5. The van der Waals surface area contributed by atoms with E-state index in [2.05, 4.69) is 5.32 Å². The highest BCUT2D eigenvalue weighted by Gasteiger charge is 2.19. The van der Waals surface area contributed by atoms with Gasteiger partial charge in [-0.1, -0.05) is 0 Å². The number of carbonyl (C=O) groups is 1. The Morgan fingerprint density at radius 2 is 2.11 bits per heavy atom. The zero-order chi connectivity index (χ0) is 18.5. The minimum absolute atomic E-state index is 0. The topological polar surface area (TPSA) is 73.6 Å². The lowest BCUT2D eigenvalue weighted by Crippen LogP contribution is -2.34. The van der Waals surface area contributed by atoms with Gasteiger partial charge in [0, 0.05) is 30.0 Å². The molecule has 1 saturated heterocycles. The fourth-order valence-corrected chi connectivity index (χ4v) is 3.89. The van der Waals surface area contributed by atoms with Gasteiger partial charge in [-0.05, 0) is 48.1 Å². The number of nitrogens with two attached hydrogens (primary N) is 1. The standard InChI is InChI=1S/C19H21FN2O3S.ClH/c1-24-17-3-2-13(19(23)22-15-4-5-26-11-15)8-18(17)25-16-7-12(10-21)6-14(20)9-16;/h2-3,6-9,15H,4-5,10-11,21H2,1H3,(H,22,23);1H. The van der Waals surface area contributed by atoms with Crippen LogP contribution in [-0.4, -0.2) is 30.6 Å². The molecule has 0 saturated carbocycles. The fourth-order valence-electron chi connectivity index (χ4n) is 2.74. The SMILES string of the molecule is COc1ccc(C(=O)NC2CCSC2)cc1Oc1cc(F)cc(CN)c1.Cl. The van der Waals surface area contributed by atoms with E-state index < -0.39 is 5.82 Å². The molecule has 0 aromatic heterocycles. The molecule has 3 N–H and O–H groups in total. The van der Waals surface area contributed by atoms with E-state index >= 15 is 0 Å². The summed E-state index contributed by atoms with van der Waals surface area (Å²) in [5.74, 6) is 2.49. The summed E-state index contributed by atoms with van der Waals surface area (Å²) in [6.07, 6.45) is 0.973. The maximum absolute atomic E-state index is 13.7. The first kappa shape index (κ1) is 21.3. The van der Waals surface area contributed by atoms with Crippen molar-refractivity contribution in [3.8, 4) is 17.2 Å². The number of rotatable bonds is 6. The fraction of sp³-hybridized carbons (Fsp3) is 0.316. The Labute approximate surface area is 168 Å². The highest BCUT2D eigenvalue weighted by atomic mass is 35.5. The van der Waals surface area contributed by atoms with E-state index in [0.29, 0.717) is 28.4 Å². The van der Waals surface area contributed by atoms with E-state index in [0.717, 1.165) is 17.9 Å². The molecule has 8 heteroatoms. The number of thioether (sulfide) groups is 1. The lowest BCUT2D eigenvalue weighted by molar-refractivity contribution is 0.0940. The summed E-state index contributed by atoms with van der Waals surface area (Å²) in [7, 11) is 1.51. The quantitative estimate of drug-likeness (QED) is 0.756. The number of amides is 1. The van der Waals surface area contributed by atoms with E-state index in [1.807, 2.05) is 11.8 Å². The van der Waals surface area contributed by atoms with E-state index in [1.165, 1.54) is 19.2 Å². The molecule has 0 radical (unpaired) electrons. The van der Waals surface area contributed by atoms with Crippen LogP contribution in [0.2, 0.25) is 0 Å². The lowest BCUT2D eigenvalue weighted by Gasteiger charge is -2.14. The summed E-state index contributed by atoms with van der Waals surface area (Å²) >= 11 is 1.83. The molecular formula is C19H22ClFN2O3S. The van der Waals surface area contributed by atoms with Gasteiger partial charge in [0.15, 0.2) is 11.5 Å². The first-order valence-electron chi connectivity index (χ1n) is 8.33. The molecular weight excluding hydrogens is 391 g/mol. The highest BCUT2D eigenvalue weighted by molar-refractivity contribution is 7.99. The predicted molar refractivity (Wildman–Crippen MR) is 108 cm³/mol. The van der Waals surface area contributed by atoms with Crippen LogP contribution in [0.3, 0.4) is 0 Å². The molecule has 1 aliphatic rings. The zero-order valence-electron chi connectivity index (χ0n) is 14.9. The maximum Gasteiger partial charge on any atom is 0.251 e. The van der Waals surface area contributed by atoms with Crippen LogP contribution in [0.1, 0.15) is 22.3 Å². The van der Waals surface area contributed by atoms with Gasteiger partial charge in [0.1, 0.15) is 11.6 Å². The van der Waals surface area contributed by atoms with Crippen LogP contribution in [-0.2, 0) is 6.54 Å². The second-order valence-corrected chi connectivity index (χ2v) is 7.15. The Morgan fingerprint density at radius 1 is 1.30 bits per heavy atom. The van der Waals surface area contributed by atoms with Crippen molar-refractivity contribution in [3.05, 3.63) is 53.3 Å². The summed E-state index contributed by atoms with van der Waals surface area (Å²) < 4.78 is 24.8. The molecule has 1 atom stereocenters. The van der Waals surface area contributed by atoms with Crippen LogP contribution in [0, 0.1) is 5.82 Å². The molecule has 3 rings (SSSR count). The molecule has 1 heterocycles. The predicted octanol–water partition coefficient (Wildman–Crippen LogP) is 3.74. The minimum atomic E-state index is -0.436. The number of halogens is 2. The largest absolute Gasteiger partial charge is 0.493 e. The van der Waals surface area contributed by atoms with Crippen LogP contribution in [0.25, 0.3) is 0 Å². The van der Waals surface area contributed by atoms with Crippen LogP contribution in [0.15, 0.2) is 36.4 Å². The molecule has 5 nitrogen and oxygen atoms in total. The van der Waals surface area contributed by atoms with Gasteiger partial charge in [-0.2, -0.15) is 11.8 Å². The maximum atomic E-state index is 13.7. The Bertz CT molecular complexity index is 801. The molecule has 1 aliphatic heterocycles. The first-order chi connectivity index (χ1) is 12.6. The smallest absolute Gasteiger partial charge is 0.251 e. The Hall–Kier alpha value is -1.96. The van der Waals surface area contributed by atoms with Crippen molar-refractivity contribution in [1.82, 2.24) is 5.32 Å². The summed E-state index contributed by atoms with van der Waals surface area (Å²) in [4.78, 5) is 12.5. The van der Waals surface area contributed by atoms with E-state index in [-0.39, 0.29) is 30.9 Å². The number of hydrogen-bond donors (Lipinski definition) is 2. The van der Waals surface area contributed by atoms with E-state index in [1.54, 1.807) is 24.3 Å². The van der Waals surface area contributed by atoms with Crippen molar-refractivity contribution < 1.29 is 18.7 Å². The van der Waals surface area contributed by atoms with E-state index in [4.69, 9.17) is 15.2 Å². The molecule has 0 spiro atoms. The summed E-state index contributed by atoms with van der Waals surface area (Å²) in [5.41, 5.74) is 6.66. The van der Waals surface area contributed by atoms with Gasteiger partial charge in [0.2, 0.25) is 0 Å². The third kappa shape index (κ3) is 5.51. The Morgan fingerprint density at radius 3 is 2.78 bits per heavy atom. The second kappa shape index (κ2) is 9.82. The minimum Gasteiger partial charge on any atom is -0.493 e. The molecule has 0 aliphatic carbocycles. The molecule has 0 bridgehead atoms. The third-order valence-corrected chi connectivity index (χ3v) is 5.25. The van der Waals surface area contributed by atoms with Crippen LogP contribution < -0.4 is 20.5 Å². The number of ether oxygens (including phenoxy) is 2. The summed E-state index contributed by atoms with van der Waals surface area (Å²) in [6, 6.07) is 9.41. The van der Waals surface area contributed by atoms with Gasteiger partial charge in [-0.3, -0.25) is 4.79 Å². The summed E-state index contributed by atoms with van der Waals surface area (Å²) in [6.45, 7) is 0.201. The van der Waals surface area contributed by atoms with Gasteiger partial charge < -0.3 is 20.5 Å². The van der Waals surface area contributed by atoms with Gasteiger partial charge in [-0.15, -0.1) is 12.4 Å². The van der Waals surface area contributed by atoms with Crippen LogP contribution in [0.4, 0.5) is 4.39 Å². The number of benzene rings is 2. The molecule has 1 fully saturated rings. The van der Waals surface area contributed by atoms with Gasteiger partial charge in [0.05, 0.1) is 7.11 Å². The monoisotopic (exact) mass is 412 g/mol. The van der Waals surface area contributed by atoms with Gasteiger partial charge in [0.25, 0.3) is 5.91 Å². The molecule has 1 amide bonds.